The number of hydrogen-bond acceptors (Lipinski definition) is 7. The van der Waals surface area contributed by atoms with Crippen molar-refractivity contribution >= 4 is 46.1 Å². The number of nitrogens with zero attached hydrogens (tertiary/aromatic N) is 3. The molecular formula is C23H22N6O3. The number of hydrogen-bond donors (Lipinski definition) is 4. The number of aliphatic hydroxyl groups is 1. The molecule has 1 fully saturated rings. The first kappa shape index (κ1) is 20.1. The van der Waals surface area contributed by atoms with E-state index >= 15 is 0 Å². The van der Waals surface area contributed by atoms with Crippen molar-refractivity contribution in [1.82, 2.24) is 9.97 Å². The highest BCUT2D eigenvalue weighted by atomic mass is 16.3. The summed E-state index contributed by atoms with van der Waals surface area (Å²) in [4.78, 5) is 37.1. The van der Waals surface area contributed by atoms with Gasteiger partial charge < -0.3 is 26.5 Å². The molecule has 0 bridgehead atoms. The van der Waals surface area contributed by atoms with Crippen molar-refractivity contribution in [3.63, 3.8) is 0 Å². The molecule has 2 aliphatic rings. The number of aromatic nitrogens is 2. The molecule has 3 heterocycles. The second-order valence-corrected chi connectivity index (χ2v) is 8.23. The highest BCUT2D eigenvalue weighted by molar-refractivity contribution is 6.03. The zero-order valence-corrected chi connectivity index (χ0v) is 17.6. The van der Waals surface area contributed by atoms with Gasteiger partial charge in [-0.3, -0.25) is 9.59 Å². The van der Waals surface area contributed by atoms with Gasteiger partial charge in [-0.25, -0.2) is 9.97 Å². The number of pyridine rings is 2. The van der Waals surface area contributed by atoms with Crippen molar-refractivity contribution in [1.29, 1.82) is 0 Å². The lowest BCUT2D eigenvalue weighted by Gasteiger charge is -2.12. The first-order valence-electron chi connectivity index (χ1n) is 10.3. The molecule has 2 amide bonds. The third-order valence-corrected chi connectivity index (χ3v) is 5.99. The van der Waals surface area contributed by atoms with Crippen molar-refractivity contribution in [2.75, 3.05) is 23.4 Å². The second-order valence-electron chi connectivity index (χ2n) is 8.23. The van der Waals surface area contributed by atoms with Gasteiger partial charge in [0, 0.05) is 53.5 Å². The molecule has 5 N–H and O–H groups in total. The summed E-state index contributed by atoms with van der Waals surface area (Å²) in [6.45, 7) is 1.90. The standard InChI is InChI=1S/C23H22N6O3/c1-10-3-17-15(20(30)23(32)28-17)7-13(10)18-5-11-6-19(26-9-16(11)21(24)27-18)29-22(31)14-4-12(14)8-25-2/h3,5-9,12,14,20,30H,4H2,1-2H3,(H2,24,27)(H,28,32)(H,26,29,31)/b25-8-/t12-,14+,20?/m1/s1. The van der Waals surface area contributed by atoms with Crippen LogP contribution in [0.3, 0.4) is 0 Å². The number of rotatable bonds is 4. The van der Waals surface area contributed by atoms with Crippen LogP contribution in [0.5, 0.6) is 0 Å². The number of nitrogens with one attached hydrogen (secondary N) is 2. The van der Waals surface area contributed by atoms with E-state index in [9.17, 15) is 14.7 Å². The van der Waals surface area contributed by atoms with E-state index in [4.69, 9.17) is 5.73 Å². The van der Waals surface area contributed by atoms with Crippen molar-refractivity contribution in [2.24, 2.45) is 16.8 Å². The van der Waals surface area contributed by atoms with E-state index in [-0.39, 0.29) is 17.7 Å². The number of anilines is 3. The summed E-state index contributed by atoms with van der Waals surface area (Å²) in [6.07, 6.45) is 2.97. The van der Waals surface area contributed by atoms with Gasteiger partial charge in [0.1, 0.15) is 11.6 Å². The van der Waals surface area contributed by atoms with E-state index in [0.717, 1.165) is 22.9 Å². The Kier molecular flexibility index (Phi) is 4.63. The third kappa shape index (κ3) is 3.36. The number of carbonyl (C=O) groups excluding carboxylic acids is 2. The lowest BCUT2D eigenvalue weighted by molar-refractivity contribution is -0.123. The summed E-state index contributed by atoms with van der Waals surface area (Å²) >= 11 is 0. The number of carbonyl (C=O) groups is 2. The van der Waals surface area contributed by atoms with Crippen LogP contribution in [-0.2, 0) is 9.59 Å². The number of aliphatic hydroxyl groups excluding tert-OH is 1. The molecule has 1 unspecified atom stereocenters. The smallest absolute Gasteiger partial charge is 0.257 e. The number of nitrogens with two attached hydrogens (primary N) is 1. The molecule has 162 valence electrons. The third-order valence-electron chi connectivity index (χ3n) is 5.99. The van der Waals surface area contributed by atoms with Crippen LogP contribution in [0.4, 0.5) is 17.3 Å². The van der Waals surface area contributed by atoms with Gasteiger partial charge in [-0.15, -0.1) is 0 Å². The number of aryl methyl sites for hydroxylation is 1. The van der Waals surface area contributed by atoms with E-state index in [0.29, 0.717) is 34.0 Å². The Morgan fingerprint density at radius 3 is 2.94 bits per heavy atom. The van der Waals surface area contributed by atoms with Gasteiger partial charge in [0.15, 0.2) is 6.10 Å². The Morgan fingerprint density at radius 1 is 1.34 bits per heavy atom. The average molecular weight is 430 g/mol. The van der Waals surface area contributed by atoms with E-state index in [1.54, 1.807) is 31.6 Å². The summed E-state index contributed by atoms with van der Waals surface area (Å²) in [6, 6.07) is 7.19. The summed E-state index contributed by atoms with van der Waals surface area (Å²) in [7, 11) is 1.70. The minimum Gasteiger partial charge on any atom is -0.383 e. The maximum atomic E-state index is 12.5. The van der Waals surface area contributed by atoms with Gasteiger partial charge in [-0.2, -0.15) is 0 Å². The molecule has 1 aromatic carbocycles. The van der Waals surface area contributed by atoms with Gasteiger partial charge in [0.2, 0.25) is 5.91 Å². The van der Waals surface area contributed by atoms with E-state index in [2.05, 4.69) is 25.6 Å². The van der Waals surface area contributed by atoms with Gasteiger partial charge in [0.05, 0.1) is 5.69 Å². The highest BCUT2D eigenvalue weighted by Crippen LogP contribution is 2.39. The molecular weight excluding hydrogens is 408 g/mol. The molecule has 1 aliphatic carbocycles. The van der Waals surface area contributed by atoms with Gasteiger partial charge in [-0.05, 0) is 48.6 Å². The molecule has 2 aromatic heterocycles. The number of aliphatic imine (C=N–C) groups is 1. The fraction of sp³-hybridized carbons (Fsp3) is 0.261. The van der Waals surface area contributed by atoms with Crippen LogP contribution in [0.15, 0.2) is 35.5 Å². The van der Waals surface area contributed by atoms with Crippen molar-refractivity contribution in [2.45, 2.75) is 19.4 Å². The van der Waals surface area contributed by atoms with Crippen LogP contribution in [0.2, 0.25) is 0 Å². The molecule has 0 saturated heterocycles. The average Bonchev–Trinajstić information content (AvgIpc) is 3.47. The molecule has 32 heavy (non-hydrogen) atoms. The number of amides is 2. The topological polar surface area (TPSA) is 143 Å². The molecule has 1 saturated carbocycles. The first-order chi connectivity index (χ1) is 15.4. The zero-order valence-electron chi connectivity index (χ0n) is 17.6. The van der Waals surface area contributed by atoms with E-state index in [1.165, 1.54) is 0 Å². The molecule has 1 aliphatic heterocycles. The van der Waals surface area contributed by atoms with Crippen LogP contribution in [0, 0.1) is 18.8 Å². The van der Waals surface area contributed by atoms with Gasteiger partial charge >= 0.3 is 0 Å². The molecule has 3 atom stereocenters. The predicted molar refractivity (Wildman–Crippen MR) is 122 cm³/mol. The Balaban J connectivity index is 1.49. The van der Waals surface area contributed by atoms with E-state index in [1.807, 2.05) is 19.1 Å². The highest BCUT2D eigenvalue weighted by Gasteiger charge is 2.41. The lowest BCUT2D eigenvalue weighted by Crippen LogP contribution is -2.16. The Bertz CT molecular complexity index is 1320. The molecule has 5 rings (SSSR count). The largest absolute Gasteiger partial charge is 0.383 e. The SMILES string of the molecule is C/N=C\[C@H]1C[C@@H]1C(=O)Nc1cc2cc(-c3cc4c(cc3C)NC(=O)C4O)nc(N)c2cn1. The maximum Gasteiger partial charge on any atom is 0.257 e. The fourth-order valence-corrected chi connectivity index (χ4v) is 4.15. The van der Waals surface area contributed by atoms with Gasteiger partial charge in [-0.1, -0.05) is 0 Å². The summed E-state index contributed by atoms with van der Waals surface area (Å²) in [5.41, 5.74) is 9.54. The summed E-state index contributed by atoms with van der Waals surface area (Å²) < 4.78 is 0. The maximum absolute atomic E-state index is 12.5. The summed E-state index contributed by atoms with van der Waals surface area (Å²) in [5, 5.41) is 17.1. The molecule has 9 nitrogen and oxygen atoms in total. The number of benzene rings is 1. The molecule has 9 heteroatoms. The van der Waals surface area contributed by atoms with Crippen LogP contribution in [-0.4, -0.2) is 40.2 Å². The number of fused-ring (bicyclic) bond motifs is 2. The van der Waals surface area contributed by atoms with E-state index < -0.39 is 12.0 Å². The quantitative estimate of drug-likeness (QED) is 0.468. The summed E-state index contributed by atoms with van der Waals surface area (Å²) in [5.74, 6) is 0.326. The molecule has 0 spiro atoms. The fourth-order valence-electron chi connectivity index (χ4n) is 4.15. The minimum absolute atomic E-state index is 0.0777. The predicted octanol–water partition coefficient (Wildman–Crippen LogP) is 2.45. The van der Waals surface area contributed by atoms with Crippen LogP contribution in [0.1, 0.15) is 23.7 Å². The van der Waals surface area contributed by atoms with Crippen LogP contribution < -0.4 is 16.4 Å². The van der Waals surface area contributed by atoms with Crippen LogP contribution in [0.25, 0.3) is 22.0 Å². The number of nitrogen functional groups attached to an aromatic ring is 1. The molecule has 0 radical (unpaired) electrons. The minimum atomic E-state index is -1.21. The monoisotopic (exact) mass is 430 g/mol. The normalized spacial score (nSPS) is 21.6. The van der Waals surface area contributed by atoms with Crippen molar-refractivity contribution in [3.8, 4) is 11.3 Å². The lowest BCUT2D eigenvalue weighted by atomic mass is 9.98. The Morgan fingerprint density at radius 2 is 2.16 bits per heavy atom. The van der Waals surface area contributed by atoms with Crippen molar-refractivity contribution in [3.05, 3.63) is 41.6 Å². The zero-order chi connectivity index (χ0) is 22.6. The van der Waals surface area contributed by atoms with Gasteiger partial charge in [0.25, 0.3) is 5.91 Å². The molecule has 3 aromatic rings. The first-order valence-corrected chi connectivity index (χ1v) is 10.3. The van der Waals surface area contributed by atoms with Crippen molar-refractivity contribution < 1.29 is 14.7 Å². The van der Waals surface area contributed by atoms with Crippen LogP contribution >= 0.6 is 0 Å². The second kappa shape index (κ2) is 7.38. The Labute approximate surface area is 183 Å². The Hall–Kier alpha value is -3.85.